The molecule has 0 radical (unpaired) electrons. The molecule has 0 bridgehead atoms. The molecule has 1 aliphatic rings. The molecule has 1 heterocycles. The van der Waals surface area contributed by atoms with Gasteiger partial charge in [0.25, 0.3) is 0 Å². The summed E-state index contributed by atoms with van der Waals surface area (Å²) < 4.78 is 26.4. The Hall–Kier alpha value is -1.31. The van der Waals surface area contributed by atoms with Crippen LogP contribution in [0.15, 0.2) is 17.0 Å². The number of nitrogens with two attached hydrogens (primary N) is 1. The van der Waals surface area contributed by atoms with Gasteiger partial charge in [-0.25, -0.2) is 8.42 Å². The average molecular weight is 318 g/mol. The van der Waals surface area contributed by atoms with E-state index >= 15 is 0 Å². The van der Waals surface area contributed by atoms with Gasteiger partial charge in [-0.1, -0.05) is 11.6 Å². The Labute approximate surface area is 122 Å². The van der Waals surface area contributed by atoms with Crippen molar-refractivity contribution in [3.8, 4) is 0 Å². The molecular formula is C12H16ClN3O3S. The first-order valence-electron chi connectivity index (χ1n) is 6.15. The maximum atomic E-state index is 12.6. The maximum absolute atomic E-state index is 12.6. The Morgan fingerprint density at radius 3 is 2.80 bits per heavy atom. The summed E-state index contributed by atoms with van der Waals surface area (Å²) in [7, 11) is -3.79. The van der Waals surface area contributed by atoms with Crippen molar-refractivity contribution in [3.05, 3.63) is 22.7 Å². The number of carbonyl (C=O) groups excluding carboxylic acids is 1. The number of hydrogen-bond acceptors (Lipinski definition) is 4. The Morgan fingerprint density at radius 2 is 2.10 bits per heavy atom. The molecule has 1 amide bonds. The minimum atomic E-state index is -3.79. The number of amides is 1. The first-order chi connectivity index (χ1) is 9.32. The van der Waals surface area contributed by atoms with Crippen molar-refractivity contribution in [2.45, 2.75) is 18.2 Å². The molecule has 3 N–H and O–H groups in total. The van der Waals surface area contributed by atoms with Crippen LogP contribution in [0.3, 0.4) is 0 Å². The number of sulfonamides is 1. The molecule has 0 unspecified atom stereocenters. The predicted octanol–water partition coefficient (Wildman–Crippen LogP) is 0.741. The molecule has 0 aromatic heterocycles. The second-order valence-corrected chi connectivity index (χ2v) is 7.00. The van der Waals surface area contributed by atoms with Gasteiger partial charge in [0.15, 0.2) is 0 Å². The van der Waals surface area contributed by atoms with Gasteiger partial charge < -0.3 is 11.1 Å². The summed E-state index contributed by atoms with van der Waals surface area (Å²) in [4.78, 5) is 11.6. The Kier molecular flexibility index (Phi) is 4.22. The second kappa shape index (κ2) is 5.59. The summed E-state index contributed by atoms with van der Waals surface area (Å²) in [5.74, 6) is -0.307. The molecule has 1 fully saturated rings. The molecular weight excluding hydrogens is 302 g/mol. The number of carbonyl (C=O) groups is 1. The van der Waals surface area contributed by atoms with Crippen molar-refractivity contribution in [3.63, 3.8) is 0 Å². The van der Waals surface area contributed by atoms with Crippen LogP contribution < -0.4 is 11.1 Å². The minimum Gasteiger partial charge on any atom is -0.398 e. The van der Waals surface area contributed by atoms with Crippen LogP contribution in [0, 0.1) is 6.92 Å². The number of anilines is 1. The number of halogens is 1. The zero-order valence-electron chi connectivity index (χ0n) is 11.0. The van der Waals surface area contributed by atoms with Crippen molar-refractivity contribution in [1.82, 2.24) is 9.62 Å². The van der Waals surface area contributed by atoms with E-state index in [4.69, 9.17) is 17.3 Å². The topological polar surface area (TPSA) is 92.5 Å². The lowest BCUT2D eigenvalue weighted by Crippen LogP contribution is -2.37. The molecule has 1 aliphatic heterocycles. The molecule has 1 aromatic rings. The van der Waals surface area contributed by atoms with E-state index in [0.29, 0.717) is 24.2 Å². The van der Waals surface area contributed by atoms with Crippen LogP contribution in [0.2, 0.25) is 5.02 Å². The van der Waals surface area contributed by atoms with Crippen molar-refractivity contribution in [2.75, 3.05) is 25.4 Å². The fraction of sp³-hybridized carbons (Fsp3) is 0.417. The van der Waals surface area contributed by atoms with E-state index < -0.39 is 10.0 Å². The highest BCUT2D eigenvalue weighted by Gasteiger charge is 2.30. The Bertz CT molecular complexity index is 646. The predicted molar refractivity (Wildman–Crippen MR) is 77.0 cm³/mol. The van der Waals surface area contributed by atoms with Crippen LogP contribution in [0.1, 0.15) is 12.0 Å². The molecule has 0 atom stereocenters. The molecule has 1 aromatic carbocycles. The molecule has 1 saturated heterocycles. The molecule has 110 valence electrons. The lowest BCUT2D eigenvalue weighted by Gasteiger charge is -2.20. The smallest absolute Gasteiger partial charge is 0.243 e. The van der Waals surface area contributed by atoms with E-state index in [1.807, 2.05) is 0 Å². The molecule has 8 heteroatoms. The van der Waals surface area contributed by atoms with Crippen LogP contribution in [-0.2, 0) is 14.8 Å². The van der Waals surface area contributed by atoms with Crippen molar-refractivity contribution >= 4 is 33.2 Å². The number of benzene rings is 1. The first kappa shape index (κ1) is 15.1. The minimum absolute atomic E-state index is 0.0530. The Morgan fingerprint density at radius 1 is 1.40 bits per heavy atom. The van der Waals surface area contributed by atoms with Crippen LogP contribution >= 0.6 is 11.6 Å². The highest BCUT2D eigenvalue weighted by Crippen LogP contribution is 2.28. The number of nitrogens with zero attached hydrogens (tertiary/aromatic N) is 1. The summed E-state index contributed by atoms with van der Waals surface area (Å²) in [6, 6.07) is 2.87. The maximum Gasteiger partial charge on any atom is 0.243 e. The van der Waals surface area contributed by atoms with Gasteiger partial charge in [0.1, 0.15) is 0 Å². The third-order valence-electron chi connectivity index (χ3n) is 3.21. The molecule has 6 nitrogen and oxygen atoms in total. The van der Waals surface area contributed by atoms with Crippen molar-refractivity contribution < 1.29 is 13.2 Å². The molecule has 2 rings (SSSR count). The molecule has 0 aliphatic carbocycles. The average Bonchev–Trinajstić information content (AvgIpc) is 2.58. The van der Waals surface area contributed by atoms with Crippen LogP contribution in [0.25, 0.3) is 0 Å². The lowest BCUT2D eigenvalue weighted by molar-refractivity contribution is -0.120. The number of nitrogens with one attached hydrogen (secondary N) is 1. The number of hydrogen-bond donors (Lipinski definition) is 2. The molecule has 0 saturated carbocycles. The van der Waals surface area contributed by atoms with E-state index in [9.17, 15) is 13.2 Å². The summed E-state index contributed by atoms with van der Waals surface area (Å²) in [6.07, 6.45) is 0.570. The SMILES string of the molecule is Cc1c(N)cc(Cl)cc1S(=O)(=O)N1CCCNC(=O)C1. The monoisotopic (exact) mass is 317 g/mol. The highest BCUT2D eigenvalue weighted by atomic mass is 35.5. The third kappa shape index (κ3) is 2.89. The summed E-state index contributed by atoms with van der Waals surface area (Å²) in [6.45, 7) is 2.19. The van der Waals surface area contributed by atoms with Gasteiger partial charge in [-0.15, -0.1) is 0 Å². The standard InChI is InChI=1S/C12H16ClN3O3S/c1-8-10(14)5-9(13)6-11(8)20(18,19)16-4-2-3-15-12(17)7-16/h5-6H,2-4,7,14H2,1H3,(H,15,17). The van der Waals surface area contributed by atoms with Gasteiger partial charge in [-0.05, 0) is 31.0 Å². The van der Waals surface area contributed by atoms with Gasteiger partial charge in [-0.2, -0.15) is 4.31 Å². The molecule has 0 spiro atoms. The van der Waals surface area contributed by atoms with Gasteiger partial charge in [0, 0.05) is 23.8 Å². The molecule has 20 heavy (non-hydrogen) atoms. The zero-order chi connectivity index (χ0) is 14.9. The fourth-order valence-electron chi connectivity index (χ4n) is 2.06. The summed E-state index contributed by atoms with van der Waals surface area (Å²) in [5.41, 5.74) is 6.52. The van der Waals surface area contributed by atoms with Gasteiger partial charge >= 0.3 is 0 Å². The largest absolute Gasteiger partial charge is 0.398 e. The normalized spacial score (nSPS) is 17.6. The first-order valence-corrected chi connectivity index (χ1v) is 7.96. The van der Waals surface area contributed by atoms with Gasteiger partial charge in [-0.3, -0.25) is 4.79 Å². The van der Waals surface area contributed by atoms with Crippen LogP contribution in [0.5, 0.6) is 0 Å². The summed E-state index contributed by atoms with van der Waals surface area (Å²) in [5, 5.41) is 2.90. The van der Waals surface area contributed by atoms with Gasteiger partial charge in [0.05, 0.1) is 11.4 Å². The Balaban J connectivity index is 2.47. The van der Waals surface area contributed by atoms with E-state index in [2.05, 4.69) is 5.32 Å². The third-order valence-corrected chi connectivity index (χ3v) is 5.40. The number of nitrogen functional groups attached to an aromatic ring is 1. The van der Waals surface area contributed by atoms with Crippen LogP contribution in [0.4, 0.5) is 5.69 Å². The van der Waals surface area contributed by atoms with Crippen molar-refractivity contribution in [2.24, 2.45) is 0 Å². The lowest BCUT2D eigenvalue weighted by atomic mass is 10.2. The second-order valence-electron chi connectivity index (χ2n) is 4.66. The summed E-state index contributed by atoms with van der Waals surface area (Å²) >= 11 is 5.89. The number of rotatable bonds is 2. The highest BCUT2D eigenvalue weighted by molar-refractivity contribution is 7.89. The van der Waals surface area contributed by atoms with E-state index in [0.717, 1.165) is 4.31 Å². The quantitative estimate of drug-likeness (QED) is 0.787. The zero-order valence-corrected chi connectivity index (χ0v) is 12.6. The van der Waals surface area contributed by atoms with Crippen molar-refractivity contribution in [1.29, 1.82) is 0 Å². The van der Waals surface area contributed by atoms with Crippen LogP contribution in [-0.4, -0.2) is 38.3 Å². The van der Waals surface area contributed by atoms with Gasteiger partial charge in [0.2, 0.25) is 15.9 Å². The fourth-order valence-corrected chi connectivity index (χ4v) is 4.07. The van der Waals surface area contributed by atoms with E-state index in [1.54, 1.807) is 6.92 Å². The van der Waals surface area contributed by atoms with E-state index in [1.165, 1.54) is 12.1 Å². The van der Waals surface area contributed by atoms with E-state index in [-0.39, 0.29) is 28.9 Å².